The van der Waals surface area contributed by atoms with E-state index >= 15 is 0 Å². The van der Waals surface area contributed by atoms with Gasteiger partial charge in [-0.15, -0.1) is 0 Å². The first-order valence-corrected chi connectivity index (χ1v) is 6.26. The van der Waals surface area contributed by atoms with Crippen LogP contribution in [-0.2, 0) is 15.1 Å². The highest BCUT2D eigenvalue weighted by molar-refractivity contribution is 9.10. The van der Waals surface area contributed by atoms with Crippen LogP contribution in [0.2, 0.25) is 0 Å². The number of hydrogen-bond acceptors (Lipinski definition) is 3. The lowest BCUT2D eigenvalue weighted by atomic mass is 9.70. The van der Waals surface area contributed by atoms with Gasteiger partial charge in [0.1, 0.15) is 5.82 Å². The lowest BCUT2D eigenvalue weighted by Gasteiger charge is -2.39. The second-order valence-electron chi connectivity index (χ2n) is 4.94. The molecule has 0 unspecified atom stereocenters. The number of carbonyl (C=O) groups excluding carboxylic acids is 1. The van der Waals surface area contributed by atoms with Gasteiger partial charge in [0, 0.05) is 10.0 Å². The first-order valence-electron chi connectivity index (χ1n) is 5.47. The number of rotatable bonds is 3. The first-order chi connectivity index (χ1) is 8.14. The maximum Gasteiger partial charge on any atom is 0.313 e. The van der Waals surface area contributed by atoms with Crippen molar-refractivity contribution < 1.29 is 13.9 Å². The van der Waals surface area contributed by atoms with E-state index in [1.165, 1.54) is 13.2 Å². The maximum atomic E-state index is 13.9. The predicted octanol–water partition coefficient (Wildman–Crippen LogP) is 2.96. The fourth-order valence-corrected chi connectivity index (χ4v) is 2.06. The van der Waals surface area contributed by atoms with Crippen LogP contribution >= 0.6 is 15.9 Å². The summed E-state index contributed by atoms with van der Waals surface area (Å²) in [5.74, 6) is -0.924. The van der Waals surface area contributed by atoms with Crippen LogP contribution in [0.4, 0.5) is 4.39 Å². The quantitative estimate of drug-likeness (QED) is 0.872. The van der Waals surface area contributed by atoms with Crippen LogP contribution in [0.1, 0.15) is 26.3 Å². The Morgan fingerprint density at radius 1 is 1.39 bits per heavy atom. The molecule has 0 heterocycles. The Bertz CT molecular complexity index is 472. The van der Waals surface area contributed by atoms with Crippen molar-refractivity contribution in [3.8, 4) is 0 Å². The number of benzene rings is 1. The number of esters is 1. The van der Waals surface area contributed by atoms with Crippen LogP contribution in [0, 0.1) is 11.2 Å². The van der Waals surface area contributed by atoms with Crippen LogP contribution in [0.25, 0.3) is 0 Å². The Labute approximate surface area is 115 Å². The van der Waals surface area contributed by atoms with Crippen LogP contribution in [-0.4, -0.2) is 13.1 Å². The van der Waals surface area contributed by atoms with Crippen molar-refractivity contribution in [2.75, 3.05) is 7.11 Å². The monoisotopic (exact) mass is 317 g/mol. The lowest BCUT2D eigenvalue weighted by Crippen LogP contribution is -2.52. The van der Waals surface area contributed by atoms with Gasteiger partial charge in [0.25, 0.3) is 0 Å². The molecule has 0 fully saturated rings. The number of methoxy groups -OCH3 is 1. The first kappa shape index (κ1) is 15.1. The molecule has 3 nitrogen and oxygen atoms in total. The van der Waals surface area contributed by atoms with Crippen LogP contribution in [0.5, 0.6) is 0 Å². The predicted molar refractivity (Wildman–Crippen MR) is 71.4 cm³/mol. The van der Waals surface area contributed by atoms with E-state index in [2.05, 4.69) is 15.9 Å². The zero-order valence-electron chi connectivity index (χ0n) is 10.9. The highest BCUT2D eigenvalue weighted by atomic mass is 79.9. The van der Waals surface area contributed by atoms with Crippen LogP contribution in [0.15, 0.2) is 22.7 Å². The van der Waals surface area contributed by atoms with E-state index in [-0.39, 0.29) is 5.56 Å². The van der Waals surface area contributed by atoms with Crippen molar-refractivity contribution >= 4 is 21.9 Å². The van der Waals surface area contributed by atoms with Crippen LogP contribution < -0.4 is 5.73 Å². The maximum absolute atomic E-state index is 13.9. The molecule has 0 amide bonds. The van der Waals surface area contributed by atoms with E-state index < -0.39 is 22.7 Å². The molecular weight excluding hydrogens is 301 g/mol. The summed E-state index contributed by atoms with van der Waals surface area (Å²) in [6.07, 6.45) is 0. The van der Waals surface area contributed by atoms with Crippen molar-refractivity contribution in [2.45, 2.75) is 26.3 Å². The van der Waals surface area contributed by atoms with Gasteiger partial charge in [-0.3, -0.25) is 4.79 Å². The minimum absolute atomic E-state index is 0.271. The average molecular weight is 318 g/mol. The van der Waals surface area contributed by atoms with Gasteiger partial charge >= 0.3 is 5.97 Å². The third-order valence-electron chi connectivity index (χ3n) is 3.48. The number of nitrogens with two attached hydrogens (primary N) is 1. The van der Waals surface area contributed by atoms with E-state index in [9.17, 15) is 9.18 Å². The van der Waals surface area contributed by atoms with E-state index in [4.69, 9.17) is 10.5 Å². The molecule has 1 aromatic rings. The van der Waals surface area contributed by atoms with E-state index in [0.29, 0.717) is 4.47 Å². The number of halogens is 2. The fourth-order valence-electron chi connectivity index (χ4n) is 1.70. The highest BCUT2D eigenvalue weighted by Crippen LogP contribution is 2.40. The van der Waals surface area contributed by atoms with Gasteiger partial charge in [-0.05, 0) is 39.0 Å². The zero-order valence-corrected chi connectivity index (χ0v) is 12.5. The largest absolute Gasteiger partial charge is 0.469 e. The zero-order chi connectivity index (χ0) is 14.1. The van der Waals surface area contributed by atoms with Crippen LogP contribution in [0.3, 0.4) is 0 Å². The summed E-state index contributed by atoms with van der Waals surface area (Å²) in [7, 11) is 1.29. The van der Waals surface area contributed by atoms with Gasteiger partial charge in [-0.1, -0.05) is 15.9 Å². The smallest absolute Gasteiger partial charge is 0.313 e. The van der Waals surface area contributed by atoms with Gasteiger partial charge < -0.3 is 10.5 Å². The molecule has 0 saturated heterocycles. The summed E-state index contributed by atoms with van der Waals surface area (Å²) in [5, 5.41) is 0. The van der Waals surface area contributed by atoms with E-state index in [1.54, 1.807) is 32.9 Å². The van der Waals surface area contributed by atoms with E-state index in [0.717, 1.165) is 0 Å². The molecule has 0 aliphatic carbocycles. The molecule has 18 heavy (non-hydrogen) atoms. The topological polar surface area (TPSA) is 52.3 Å². The molecule has 2 N–H and O–H groups in total. The lowest BCUT2D eigenvalue weighted by molar-refractivity contribution is -0.154. The summed E-state index contributed by atoms with van der Waals surface area (Å²) in [6.45, 7) is 4.90. The molecule has 100 valence electrons. The number of hydrogen-bond donors (Lipinski definition) is 1. The Morgan fingerprint density at radius 2 is 1.94 bits per heavy atom. The normalized spacial score (nSPS) is 15.1. The molecule has 0 radical (unpaired) electrons. The summed E-state index contributed by atoms with van der Waals surface area (Å²) >= 11 is 3.27. The van der Waals surface area contributed by atoms with Crippen molar-refractivity contribution in [2.24, 2.45) is 11.1 Å². The third-order valence-corrected chi connectivity index (χ3v) is 3.98. The summed E-state index contributed by atoms with van der Waals surface area (Å²) < 4.78 is 19.4. The molecule has 1 aromatic carbocycles. The standard InChI is InChI=1S/C13H17BrFNO2/c1-12(2,11(17)18-4)13(3,16)9-7-8(14)5-6-10(9)15/h5-7H,16H2,1-4H3/t13-/m1/s1. The van der Waals surface area contributed by atoms with Crippen molar-refractivity contribution in [3.05, 3.63) is 34.1 Å². The van der Waals surface area contributed by atoms with Gasteiger partial charge in [-0.2, -0.15) is 0 Å². The molecule has 1 atom stereocenters. The van der Waals surface area contributed by atoms with Crippen molar-refractivity contribution in [3.63, 3.8) is 0 Å². The Kier molecular flexibility index (Phi) is 4.18. The second kappa shape index (κ2) is 4.97. The second-order valence-corrected chi connectivity index (χ2v) is 5.86. The highest BCUT2D eigenvalue weighted by Gasteiger charge is 2.47. The van der Waals surface area contributed by atoms with E-state index in [1.807, 2.05) is 0 Å². The molecule has 0 aromatic heterocycles. The summed E-state index contributed by atoms with van der Waals surface area (Å²) in [6, 6.07) is 4.48. The molecule has 0 aliphatic heterocycles. The van der Waals surface area contributed by atoms with Gasteiger partial charge in [0.05, 0.1) is 18.1 Å². The Balaban J connectivity index is 3.36. The molecule has 0 aliphatic rings. The van der Waals surface area contributed by atoms with Gasteiger partial charge in [-0.25, -0.2) is 4.39 Å². The Morgan fingerprint density at radius 3 is 2.44 bits per heavy atom. The van der Waals surface area contributed by atoms with Gasteiger partial charge in [0.15, 0.2) is 0 Å². The number of carbonyl (C=O) groups is 1. The summed E-state index contributed by atoms with van der Waals surface area (Å²) in [5.41, 5.74) is 4.23. The Hall–Kier alpha value is -0.940. The average Bonchev–Trinajstić information content (AvgIpc) is 2.30. The minimum Gasteiger partial charge on any atom is -0.469 e. The number of ether oxygens (including phenoxy) is 1. The molecule has 1 rings (SSSR count). The molecular formula is C13H17BrFNO2. The molecule has 5 heteroatoms. The third kappa shape index (κ3) is 2.42. The molecule has 0 spiro atoms. The van der Waals surface area contributed by atoms with Crippen molar-refractivity contribution in [1.82, 2.24) is 0 Å². The SMILES string of the molecule is COC(=O)C(C)(C)[C@](C)(N)c1cc(Br)ccc1F. The summed E-state index contributed by atoms with van der Waals surface area (Å²) in [4.78, 5) is 11.8. The van der Waals surface area contributed by atoms with Crippen molar-refractivity contribution in [1.29, 1.82) is 0 Å². The van der Waals surface area contributed by atoms with Gasteiger partial charge in [0.2, 0.25) is 0 Å². The molecule has 0 bridgehead atoms. The minimum atomic E-state index is -1.19. The molecule has 0 saturated carbocycles. The fraction of sp³-hybridized carbons (Fsp3) is 0.462.